The summed E-state index contributed by atoms with van der Waals surface area (Å²) in [5, 5.41) is 8.69. The maximum absolute atomic E-state index is 10.4. The number of carbonyl (C=O) groups excluding carboxylic acids is 1. The van der Waals surface area contributed by atoms with Crippen LogP contribution >= 0.6 is 11.8 Å². The van der Waals surface area contributed by atoms with Crippen LogP contribution in [0.25, 0.3) is 0 Å². The van der Waals surface area contributed by atoms with Gasteiger partial charge in [0.05, 0.1) is 5.56 Å². The molecule has 2 nitrogen and oxygen atoms in total. The third-order valence-corrected chi connectivity index (χ3v) is 2.28. The molecule has 0 fully saturated rings. The zero-order valence-electron chi connectivity index (χ0n) is 6.57. The van der Waals surface area contributed by atoms with Gasteiger partial charge >= 0.3 is 0 Å². The summed E-state index contributed by atoms with van der Waals surface area (Å²) < 4.78 is 0. The fourth-order valence-electron chi connectivity index (χ4n) is 0.886. The topological polar surface area (TPSA) is 40.9 Å². The highest BCUT2D eigenvalue weighted by atomic mass is 32.2. The molecule has 0 N–H and O–H groups in total. The van der Waals surface area contributed by atoms with E-state index in [4.69, 9.17) is 5.26 Å². The van der Waals surface area contributed by atoms with Gasteiger partial charge in [-0.1, -0.05) is 6.07 Å². The highest BCUT2D eigenvalue weighted by molar-refractivity contribution is 7.98. The number of hydrogen-bond acceptors (Lipinski definition) is 3. The summed E-state index contributed by atoms with van der Waals surface area (Å²) >= 11 is 1.50. The predicted octanol–water partition coefficient (Wildman–Crippen LogP) is 2.09. The third-order valence-electron chi connectivity index (χ3n) is 1.48. The molecule has 60 valence electrons. The zero-order chi connectivity index (χ0) is 8.97. The molecule has 0 aliphatic heterocycles. The zero-order valence-corrected chi connectivity index (χ0v) is 7.39. The van der Waals surface area contributed by atoms with Crippen LogP contribution in [0.4, 0.5) is 0 Å². The molecule has 0 radical (unpaired) electrons. The lowest BCUT2D eigenvalue weighted by atomic mass is 10.1. The van der Waals surface area contributed by atoms with Crippen molar-refractivity contribution < 1.29 is 4.79 Å². The van der Waals surface area contributed by atoms with Crippen molar-refractivity contribution in [1.29, 1.82) is 5.26 Å². The highest BCUT2D eigenvalue weighted by Gasteiger charge is 2.00. The van der Waals surface area contributed by atoms with Crippen molar-refractivity contribution >= 4 is 18.0 Å². The van der Waals surface area contributed by atoms with Crippen LogP contribution in [0, 0.1) is 11.3 Å². The summed E-state index contributed by atoms with van der Waals surface area (Å²) in [5.41, 5.74) is 1.11. The van der Waals surface area contributed by atoms with Gasteiger partial charge < -0.3 is 0 Å². The lowest BCUT2D eigenvalue weighted by Gasteiger charge is -1.98. The van der Waals surface area contributed by atoms with Crippen molar-refractivity contribution in [3.8, 4) is 6.07 Å². The van der Waals surface area contributed by atoms with Crippen LogP contribution in [0.3, 0.4) is 0 Å². The molecule has 0 amide bonds. The second-order valence-corrected chi connectivity index (χ2v) is 3.04. The van der Waals surface area contributed by atoms with Crippen LogP contribution in [0.2, 0.25) is 0 Å². The quantitative estimate of drug-likeness (QED) is 0.513. The first kappa shape index (κ1) is 8.82. The molecule has 0 spiro atoms. The van der Waals surface area contributed by atoms with E-state index in [0.717, 1.165) is 11.2 Å². The largest absolute Gasteiger partial charge is 0.298 e. The minimum Gasteiger partial charge on any atom is -0.298 e. The van der Waals surface area contributed by atoms with Gasteiger partial charge in [-0.2, -0.15) is 5.26 Å². The molecule has 0 aliphatic rings. The number of rotatable bonds is 2. The highest BCUT2D eigenvalue weighted by Crippen LogP contribution is 2.19. The molecule has 0 aliphatic carbocycles. The number of benzene rings is 1. The van der Waals surface area contributed by atoms with E-state index in [1.807, 2.05) is 12.3 Å². The van der Waals surface area contributed by atoms with Gasteiger partial charge in [-0.25, -0.2) is 0 Å². The Bertz CT molecular complexity index is 341. The normalized spacial score (nSPS) is 9.00. The molecule has 0 heterocycles. The molecule has 0 atom stereocenters. The Morgan fingerprint density at radius 1 is 1.58 bits per heavy atom. The molecule has 1 aromatic rings. The Balaban J connectivity index is 3.21. The van der Waals surface area contributed by atoms with Crippen LogP contribution in [-0.2, 0) is 0 Å². The predicted molar refractivity (Wildman–Crippen MR) is 48.3 cm³/mol. The van der Waals surface area contributed by atoms with Crippen molar-refractivity contribution in [3.63, 3.8) is 0 Å². The van der Waals surface area contributed by atoms with Gasteiger partial charge in [0.15, 0.2) is 0 Å². The fraction of sp³-hybridized carbons (Fsp3) is 0.111. The lowest BCUT2D eigenvalue weighted by Crippen LogP contribution is -1.84. The summed E-state index contributed by atoms with van der Waals surface area (Å²) in [6.07, 6.45) is 2.64. The van der Waals surface area contributed by atoms with Gasteiger partial charge in [0.1, 0.15) is 12.4 Å². The van der Waals surface area contributed by atoms with Crippen LogP contribution in [-0.4, -0.2) is 12.5 Å². The van der Waals surface area contributed by atoms with E-state index >= 15 is 0 Å². The van der Waals surface area contributed by atoms with E-state index in [-0.39, 0.29) is 0 Å². The molecule has 1 aromatic carbocycles. The van der Waals surface area contributed by atoms with Crippen molar-refractivity contribution in [3.05, 3.63) is 29.3 Å². The molecule has 0 saturated carbocycles. The standard InChI is InChI=1S/C9H7NOS/c1-12-9-3-2-7(6-11)4-8(9)5-10/h2-4,6H,1H3. The van der Waals surface area contributed by atoms with Crippen molar-refractivity contribution in [1.82, 2.24) is 0 Å². The van der Waals surface area contributed by atoms with Gasteiger partial charge in [0, 0.05) is 10.5 Å². The first-order chi connectivity index (χ1) is 5.81. The van der Waals surface area contributed by atoms with E-state index < -0.39 is 0 Å². The number of nitrogens with zero attached hydrogens (tertiary/aromatic N) is 1. The van der Waals surface area contributed by atoms with Crippen molar-refractivity contribution in [2.24, 2.45) is 0 Å². The first-order valence-corrected chi connectivity index (χ1v) is 4.57. The molecule has 1 rings (SSSR count). The second kappa shape index (κ2) is 3.93. The summed E-state index contributed by atoms with van der Waals surface area (Å²) in [7, 11) is 0. The average Bonchev–Trinajstić information content (AvgIpc) is 2.16. The van der Waals surface area contributed by atoms with E-state index in [9.17, 15) is 4.79 Å². The summed E-state index contributed by atoms with van der Waals surface area (Å²) in [6.45, 7) is 0. The number of nitriles is 1. The molecule has 0 unspecified atom stereocenters. The van der Waals surface area contributed by atoms with Crippen LogP contribution in [0.15, 0.2) is 23.1 Å². The van der Waals surface area contributed by atoms with Crippen LogP contribution < -0.4 is 0 Å². The Morgan fingerprint density at radius 3 is 2.83 bits per heavy atom. The third kappa shape index (κ3) is 1.66. The number of aldehydes is 1. The summed E-state index contributed by atoms with van der Waals surface area (Å²) in [5.74, 6) is 0. The van der Waals surface area contributed by atoms with Crippen LogP contribution in [0.5, 0.6) is 0 Å². The maximum atomic E-state index is 10.4. The molecule has 0 aromatic heterocycles. The van der Waals surface area contributed by atoms with Gasteiger partial charge in [0.2, 0.25) is 0 Å². The number of carbonyl (C=O) groups is 1. The molecular weight excluding hydrogens is 170 g/mol. The van der Waals surface area contributed by atoms with E-state index in [1.165, 1.54) is 11.8 Å². The Labute approximate surface area is 75.2 Å². The molecular formula is C9H7NOS. The summed E-state index contributed by atoms with van der Waals surface area (Å²) in [6, 6.07) is 7.13. The van der Waals surface area contributed by atoms with E-state index in [0.29, 0.717) is 11.1 Å². The van der Waals surface area contributed by atoms with E-state index in [1.54, 1.807) is 18.2 Å². The first-order valence-electron chi connectivity index (χ1n) is 3.35. The minimum atomic E-state index is 0.546. The Morgan fingerprint density at radius 2 is 2.33 bits per heavy atom. The Kier molecular flexibility index (Phi) is 2.89. The average molecular weight is 177 g/mol. The SMILES string of the molecule is CSc1ccc(C=O)cc1C#N. The monoisotopic (exact) mass is 177 g/mol. The molecule has 3 heteroatoms. The second-order valence-electron chi connectivity index (χ2n) is 2.19. The number of hydrogen-bond donors (Lipinski definition) is 0. The van der Waals surface area contributed by atoms with E-state index in [2.05, 4.69) is 0 Å². The van der Waals surface area contributed by atoms with Crippen LogP contribution in [0.1, 0.15) is 15.9 Å². The maximum Gasteiger partial charge on any atom is 0.150 e. The molecule has 12 heavy (non-hydrogen) atoms. The van der Waals surface area contributed by atoms with Gasteiger partial charge in [0.25, 0.3) is 0 Å². The Hall–Kier alpha value is -1.27. The lowest BCUT2D eigenvalue weighted by molar-refractivity contribution is 0.112. The fourth-order valence-corrected chi connectivity index (χ4v) is 1.41. The van der Waals surface area contributed by atoms with Crippen molar-refractivity contribution in [2.75, 3.05) is 6.26 Å². The smallest absolute Gasteiger partial charge is 0.150 e. The number of thioether (sulfide) groups is 1. The molecule has 0 saturated heterocycles. The minimum absolute atomic E-state index is 0.546. The molecule has 0 bridgehead atoms. The summed E-state index contributed by atoms with van der Waals surface area (Å²) in [4.78, 5) is 11.3. The van der Waals surface area contributed by atoms with Gasteiger partial charge in [-0.3, -0.25) is 4.79 Å². The van der Waals surface area contributed by atoms with Gasteiger partial charge in [-0.05, 0) is 18.4 Å². The van der Waals surface area contributed by atoms with Gasteiger partial charge in [-0.15, -0.1) is 11.8 Å². The van der Waals surface area contributed by atoms with Crippen molar-refractivity contribution in [2.45, 2.75) is 4.90 Å².